The minimum absolute atomic E-state index is 0.227. The average Bonchev–Trinajstić information content (AvgIpc) is 2.64. The molecule has 1 rings (SSSR count). The second-order valence-electron chi connectivity index (χ2n) is 3.94. The molecule has 0 radical (unpaired) electrons. The highest BCUT2D eigenvalue weighted by atomic mass is 16.8. The van der Waals surface area contributed by atoms with Gasteiger partial charge in [-0.05, 0) is 33.4 Å². The van der Waals surface area contributed by atoms with Gasteiger partial charge in [-0.3, -0.25) is 9.69 Å². The van der Waals surface area contributed by atoms with Crippen LogP contribution in [-0.2, 0) is 19.0 Å². The van der Waals surface area contributed by atoms with E-state index in [0.29, 0.717) is 0 Å². The van der Waals surface area contributed by atoms with Crippen molar-refractivity contribution in [3.63, 3.8) is 0 Å². The predicted octanol–water partition coefficient (Wildman–Crippen LogP) is 1.14. The Morgan fingerprint density at radius 3 is 2.65 bits per heavy atom. The number of esters is 1. The number of ether oxygens (including phenoxy) is 3. The van der Waals surface area contributed by atoms with E-state index in [0.717, 1.165) is 19.4 Å². The van der Waals surface area contributed by atoms with E-state index in [1.54, 1.807) is 6.92 Å². The maximum atomic E-state index is 11.7. The van der Waals surface area contributed by atoms with E-state index < -0.39 is 12.4 Å². The van der Waals surface area contributed by atoms with E-state index in [-0.39, 0.29) is 18.6 Å². The zero-order valence-electron chi connectivity index (χ0n) is 10.5. The molecule has 1 heterocycles. The van der Waals surface area contributed by atoms with Crippen molar-refractivity contribution in [3.8, 4) is 0 Å². The number of hydrogen-bond donors (Lipinski definition) is 0. The second-order valence-corrected chi connectivity index (χ2v) is 3.94. The van der Waals surface area contributed by atoms with Gasteiger partial charge in [-0.25, -0.2) is 4.79 Å². The smallest absolute Gasteiger partial charge is 0.435 e. The highest BCUT2D eigenvalue weighted by Crippen LogP contribution is 2.16. The lowest BCUT2D eigenvalue weighted by Gasteiger charge is -2.20. The van der Waals surface area contributed by atoms with Gasteiger partial charge in [0.05, 0.1) is 6.61 Å². The van der Waals surface area contributed by atoms with Gasteiger partial charge in [-0.1, -0.05) is 0 Å². The Kier molecular flexibility index (Phi) is 5.21. The van der Waals surface area contributed by atoms with Crippen LogP contribution in [0, 0.1) is 0 Å². The molecule has 0 aromatic rings. The quantitative estimate of drug-likeness (QED) is 0.546. The van der Waals surface area contributed by atoms with Crippen molar-refractivity contribution in [1.82, 2.24) is 4.90 Å². The van der Waals surface area contributed by atoms with Crippen LogP contribution in [0.2, 0.25) is 0 Å². The summed E-state index contributed by atoms with van der Waals surface area (Å²) in [6.07, 6.45) is 0.00770. The van der Waals surface area contributed by atoms with Crippen LogP contribution in [0.1, 0.15) is 26.7 Å². The molecule has 0 aromatic carbocycles. The molecule has 0 saturated carbocycles. The lowest BCUT2D eigenvalue weighted by molar-refractivity contribution is -0.172. The number of carbonyl (C=O) groups is 2. The molecule has 0 aromatic heterocycles. The maximum absolute atomic E-state index is 11.7. The van der Waals surface area contributed by atoms with Crippen LogP contribution in [0.15, 0.2) is 0 Å². The zero-order chi connectivity index (χ0) is 12.8. The molecule has 0 N–H and O–H groups in total. The molecule has 0 amide bonds. The van der Waals surface area contributed by atoms with Crippen LogP contribution < -0.4 is 0 Å². The average molecular weight is 245 g/mol. The Bertz CT molecular complexity index is 281. The van der Waals surface area contributed by atoms with Crippen LogP contribution >= 0.6 is 0 Å². The molecule has 1 saturated heterocycles. The number of likely N-dealkylation sites (N-methyl/N-ethyl adjacent to an activating group) is 1. The molecule has 17 heavy (non-hydrogen) atoms. The minimum Gasteiger partial charge on any atom is -0.435 e. The third kappa shape index (κ3) is 4.22. The van der Waals surface area contributed by atoms with E-state index in [1.807, 2.05) is 11.9 Å². The van der Waals surface area contributed by atoms with Gasteiger partial charge in [-0.2, -0.15) is 0 Å². The number of carbonyl (C=O) groups excluding carboxylic acids is 2. The summed E-state index contributed by atoms with van der Waals surface area (Å²) in [6.45, 7) is 4.27. The molecular weight excluding hydrogens is 226 g/mol. The van der Waals surface area contributed by atoms with Crippen LogP contribution in [0.3, 0.4) is 0 Å². The first-order chi connectivity index (χ1) is 8.04. The topological polar surface area (TPSA) is 65.1 Å². The normalized spacial score (nSPS) is 21.9. The molecule has 0 spiro atoms. The summed E-state index contributed by atoms with van der Waals surface area (Å²) in [5, 5.41) is 0. The van der Waals surface area contributed by atoms with Crippen molar-refractivity contribution >= 4 is 12.1 Å². The highest BCUT2D eigenvalue weighted by Gasteiger charge is 2.30. The van der Waals surface area contributed by atoms with Gasteiger partial charge in [0.2, 0.25) is 6.29 Å². The fraction of sp³-hybridized carbons (Fsp3) is 0.818. The van der Waals surface area contributed by atoms with Crippen molar-refractivity contribution in [2.24, 2.45) is 0 Å². The van der Waals surface area contributed by atoms with Gasteiger partial charge >= 0.3 is 12.1 Å². The van der Waals surface area contributed by atoms with Gasteiger partial charge in [-0.15, -0.1) is 0 Å². The molecule has 6 heteroatoms. The molecule has 1 unspecified atom stereocenters. The van der Waals surface area contributed by atoms with Gasteiger partial charge < -0.3 is 14.2 Å². The molecule has 6 nitrogen and oxygen atoms in total. The van der Waals surface area contributed by atoms with Gasteiger partial charge in [0.25, 0.3) is 0 Å². The summed E-state index contributed by atoms with van der Waals surface area (Å²) in [5.74, 6) is -0.359. The molecule has 1 aliphatic heterocycles. The first-order valence-electron chi connectivity index (χ1n) is 5.78. The van der Waals surface area contributed by atoms with Crippen LogP contribution in [0.4, 0.5) is 4.79 Å². The van der Waals surface area contributed by atoms with E-state index in [1.165, 1.54) is 6.92 Å². The molecule has 0 bridgehead atoms. The van der Waals surface area contributed by atoms with Crippen LogP contribution in [0.5, 0.6) is 0 Å². The standard InChI is InChI=1S/C11H19NO5/c1-4-15-11(14)17-8(2)16-10(13)9-6-5-7-12(9)3/h8-9H,4-7H2,1-3H3/t8?,9-/m1/s1. The number of likely N-dealkylation sites (tertiary alicyclic amines) is 1. The molecule has 0 aliphatic carbocycles. The Morgan fingerprint density at radius 2 is 2.12 bits per heavy atom. The molecule has 1 aliphatic rings. The number of rotatable bonds is 4. The zero-order valence-corrected chi connectivity index (χ0v) is 10.5. The predicted molar refractivity (Wildman–Crippen MR) is 59.3 cm³/mol. The summed E-state index contributed by atoms with van der Waals surface area (Å²) >= 11 is 0. The summed E-state index contributed by atoms with van der Waals surface area (Å²) in [5.41, 5.74) is 0. The Labute approximate surface area is 101 Å². The minimum atomic E-state index is -0.921. The monoisotopic (exact) mass is 245 g/mol. The highest BCUT2D eigenvalue weighted by molar-refractivity contribution is 5.76. The van der Waals surface area contributed by atoms with Crippen LogP contribution in [-0.4, -0.2) is 49.6 Å². The lowest BCUT2D eigenvalue weighted by atomic mass is 10.2. The third-order valence-electron chi connectivity index (χ3n) is 2.60. The first kappa shape index (κ1) is 13.8. The van der Waals surface area contributed by atoms with Gasteiger partial charge in [0, 0.05) is 6.92 Å². The van der Waals surface area contributed by atoms with Crippen molar-refractivity contribution < 1.29 is 23.8 Å². The van der Waals surface area contributed by atoms with Crippen molar-refractivity contribution in [3.05, 3.63) is 0 Å². The van der Waals surface area contributed by atoms with Gasteiger partial charge in [0.15, 0.2) is 0 Å². The van der Waals surface area contributed by atoms with Crippen molar-refractivity contribution in [2.75, 3.05) is 20.2 Å². The lowest BCUT2D eigenvalue weighted by Crippen LogP contribution is -2.36. The Balaban J connectivity index is 2.32. The van der Waals surface area contributed by atoms with E-state index in [9.17, 15) is 9.59 Å². The fourth-order valence-corrected chi connectivity index (χ4v) is 1.76. The van der Waals surface area contributed by atoms with E-state index in [2.05, 4.69) is 4.74 Å². The van der Waals surface area contributed by atoms with E-state index >= 15 is 0 Å². The summed E-state index contributed by atoms with van der Waals surface area (Å²) in [6, 6.07) is -0.233. The van der Waals surface area contributed by atoms with Gasteiger partial charge in [0.1, 0.15) is 6.04 Å². The fourth-order valence-electron chi connectivity index (χ4n) is 1.76. The maximum Gasteiger partial charge on any atom is 0.511 e. The largest absolute Gasteiger partial charge is 0.511 e. The molecule has 98 valence electrons. The third-order valence-corrected chi connectivity index (χ3v) is 2.60. The second kappa shape index (κ2) is 6.44. The summed E-state index contributed by atoms with van der Waals surface area (Å²) in [7, 11) is 1.87. The first-order valence-corrected chi connectivity index (χ1v) is 5.78. The van der Waals surface area contributed by atoms with Crippen molar-refractivity contribution in [2.45, 2.75) is 39.0 Å². The Hall–Kier alpha value is -1.30. The van der Waals surface area contributed by atoms with Crippen LogP contribution in [0.25, 0.3) is 0 Å². The number of nitrogens with zero attached hydrogens (tertiary/aromatic N) is 1. The Morgan fingerprint density at radius 1 is 1.41 bits per heavy atom. The molecule has 2 atom stereocenters. The van der Waals surface area contributed by atoms with E-state index in [4.69, 9.17) is 9.47 Å². The molecular formula is C11H19NO5. The summed E-state index contributed by atoms with van der Waals surface area (Å²) < 4.78 is 14.3. The SMILES string of the molecule is CCOC(=O)OC(C)OC(=O)[C@H]1CCCN1C. The molecule has 1 fully saturated rings. The summed E-state index contributed by atoms with van der Waals surface area (Å²) in [4.78, 5) is 24.6. The number of hydrogen-bond acceptors (Lipinski definition) is 6. The van der Waals surface area contributed by atoms with Crippen molar-refractivity contribution in [1.29, 1.82) is 0 Å².